The summed E-state index contributed by atoms with van der Waals surface area (Å²) in [6, 6.07) is 12.1. The standard InChI is InChI=1S/C16H21NO2/c1-3-10-17-15(11-18)13-8-9-16(19-2)14-7-5-4-6-12(13)14/h4-9,15,17-18H,3,10-11H2,1-2H3. The van der Waals surface area contributed by atoms with Crippen molar-refractivity contribution in [3.05, 3.63) is 42.0 Å². The smallest absolute Gasteiger partial charge is 0.126 e. The lowest BCUT2D eigenvalue weighted by Gasteiger charge is -2.19. The number of nitrogens with one attached hydrogen (secondary N) is 1. The van der Waals surface area contributed by atoms with E-state index in [2.05, 4.69) is 18.3 Å². The SMILES string of the molecule is CCCNC(CO)c1ccc(OC)c2ccccc12. The summed E-state index contributed by atoms with van der Waals surface area (Å²) in [4.78, 5) is 0. The molecule has 0 saturated heterocycles. The normalized spacial score (nSPS) is 12.6. The van der Waals surface area contributed by atoms with E-state index in [0.717, 1.165) is 35.1 Å². The van der Waals surface area contributed by atoms with Crippen LogP contribution in [0.3, 0.4) is 0 Å². The van der Waals surface area contributed by atoms with Crippen LogP contribution in [0, 0.1) is 0 Å². The average molecular weight is 259 g/mol. The molecule has 3 heteroatoms. The highest BCUT2D eigenvalue weighted by Gasteiger charge is 2.14. The van der Waals surface area contributed by atoms with Gasteiger partial charge in [0.1, 0.15) is 5.75 Å². The molecular formula is C16H21NO2. The largest absolute Gasteiger partial charge is 0.496 e. The summed E-state index contributed by atoms with van der Waals surface area (Å²) in [5, 5.41) is 15.2. The predicted molar refractivity (Wildman–Crippen MR) is 78.6 cm³/mol. The van der Waals surface area contributed by atoms with Gasteiger partial charge in [-0.15, -0.1) is 0 Å². The Hall–Kier alpha value is -1.58. The van der Waals surface area contributed by atoms with Gasteiger partial charge in [0, 0.05) is 5.39 Å². The first-order valence-electron chi connectivity index (χ1n) is 6.71. The van der Waals surface area contributed by atoms with Gasteiger partial charge in [0.2, 0.25) is 0 Å². The van der Waals surface area contributed by atoms with E-state index in [9.17, 15) is 5.11 Å². The Labute approximate surface area is 114 Å². The molecular weight excluding hydrogens is 238 g/mol. The van der Waals surface area contributed by atoms with Gasteiger partial charge in [0.15, 0.2) is 0 Å². The van der Waals surface area contributed by atoms with Crippen molar-refractivity contribution >= 4 is 10.8 Å². The molecule has 0 radical (unpaired) electrons. The van der Waals surface area contributed by atoms with Gasteiger partial charge in [0.25, 0.3) is 0 Å². The highest BCUT2D eigenvalue weighted by Crippen LogP contribution is 2.31. The lowest BCUT2D eigenvalue weighted by molar-refractivity contribution is 0.245. The number of methoxy groups -OCH3 is 1. The van der Waals surface area contributed by atoms with Crippen LogP contribution < -0.4 is 10.1 Å². The third-order valence-electron chi connectivity index (χ3n) is 3.34. The van der Waals surface area contributed by atoms with E-state index < -0.39 is 0 Å². The van der Waals surface area contributed by atoms with Gasteiger partial charge in [-0.3, -0.25) is 0 Å². The van der Waals surface area contributed by atoms with E-state index in [4.69, 9.17) is 4.74 Å². The van der Waals surface area contributed by atoms with E-state index in [0.29, 0.717) is 0 Å². The van der Waals surface area contributed by atoms with E-state index in [1.807, 2.05) is 30.3 Å². The van der Waals surface area contributed by atoms with Gasteiger partial charge in [-0.25, -0.2) is 0 Å². The molecule has 2 rings (SSSR count). The number of benzene rings is 2. The van der Waals surface area contributed by atoms with Gasteiger partial charge in [-0.2, -0.15) is 0 Å². The Morgan fingerprint density at radius 3 is 2.53 bits per heavy atom. The summed E-state index contributed by atoms with van der Waals surface area (Å²) in [6.45, 7) is 3.11. The summed E-state index contributed by atoms with van der Waals surface area (Å²) in [6.07, 6.45) is 1.05. The third kappa shape index (κ3) is 2.88. The summed E-state index contributed by atoms with van der Waals surface area (Å²) in [7, 11) is 1.68. The van der Waals surface area contributed by atoms with Crippen LogP contribution >= 0.6 is 0 Å². The Balaban J connectivity index is 2.48. The minimum absolute atomic E-state index is 0.0317. The highest BCUT2D eigenvalue weighted by molar-refractivity contribution is 5.91. The molecule has 0 aromatic heterocycles. The quantitative estimate of drug-likeness (QED) is 0.838. The Morgan fingerprint density at radius 2 is 1.89 bits per heavy atom. The molecule has 0 saturated carbocycles. The summed E-state index contributed by atoms with van der Waals surface area (Å²) in [5.41, 5.74) is 1.12. The van der Waals surface area contributed by atoms with Gasteiger partial charge in [0.05, 0.1) is 19.8 Å². The Morgan fingerprint density at radius 1 is 1.16 bits per heavy atom. The fourth-order valence-corrected chi connectivity index (χ4v) is 2.37. The fraction of sp³-hybridized carbons (Fsp3) is 0.375. The molecule has 0 fully saturated rings. The zero-order chi connectivity index (χ0) is 13.7. The van der Waals surface area contributed by atoms with Crippen LogP contribution in [-0.2, 0) is 0 Å². The highest BCUT2D eigenvalue weighted by atomic mass is 16.5. The van der Waals surface area contributed by atoms with Crippen molar-refractivity contribution in [3.63, 3.8) is 0 Å². The number of ether oxygens (including phenoxy) is 1. The summed E-state index contributed by atoms with van der Waals surface area (Å²) < 4.78 is 5.39. The fourth-order valence-electron chi connectivity index (χ4n) is 2.37. The molecule has 2 aromatic carbocycles. The molecule has 1 atom stereocenters. The third-order valence-corrected chi connectivity index (χ3v) is 3.34. The molecule has 102 valence electrons. The molecule has 2 aromatic rings. The van der Waals surface area contributed by atoms with Gasteiger partial charge >= 0.3 is 0 Å². The molecule has 0 aliphatic heterocycles. The molecule has 19 heavy (non-hydrogen) atoms. The van der Waals surface area contributed by atoms with E-state index in [1.165, 1.54) is 0 Å². The average Bonchev–Trinajstić information content (AvgIpc) is 2.48. The van der Waals surface area contributed by atoms with Crippen LogP contribution in [0.2, 0.25) is 0 Å². The van der Waals surface area contributed by atoms with Crippen molar-refractivity contribution in [1.29, 1.82) is 0 Å². The second-order valence-electron chi connectivity index (χ2n) is 4.59. The number of fused-ring (bicyclic) bond motifs is 1. The maximum Gasteiger partial charge on any atom is 0.126 e. The number of hydrogen-bond donors (Lipinski definition) is 2. The summed E-state index contributed by atoms with van der Waals surface area (Å²) in [5.74, 6) is 0.867. The number of rotatable bonds is 6. The molecule has 0 spiro atoms. The maximum atomic E-state index is 9.60. The lowest BCUT2D eigenvalue weighted by atomic mass is 9.98. The second-order valence-corrected chi connectivity index (χ2v) is 4.59. The van der Waals surface area contributed by atoms with Crippen molar-refractivity contribution in [2.75, 3.05) is 20.3 Å². The van der Waals surface area contributed by atoms with E-state index in [1.54, 1.807) is 7.11 Å². The molecule has 0 aliphatic carbocycles. The predicted octanol–water partition coefficient (Wildman–Crippen LogP) is 2.88. The number of aliphatic hydroxyl groups excluding tert-OH is 1. The van der Waals surface area contributed by atoms with Crippen molar-refractivity contribution in [2.45, 2.75) is 19.4 Å². The molecule has 3 nitrogen and oxygen atoms in total. The Bertz CT molecular complexity index is 539. The first-order chi connectivity index (χ1) is 9.31. The van der Waals surface area contributed by atoms with E-state index >= 15 is 0 Å². The number of hydrogen-bond acceptors (Lipinski definition) is 3. The second kappa shape index (κ2) is 6.55. The van der Waals surface area contributed by atoms with Gasteiger partial charge in [-0.1, -0.05) is 37.3 Å². The van der Waals surface area contributed by atoms with Crippen LogP contribution in [0.4, 0.5) is 0 Å². The van der Waals surface area contributed by atoms with Crippen molar-refractivity contribution < 1.29 is 9.84 Å². The summed E-state index contributed by atoms with van der Waals surface area (Å²) >= 11 is 0. The molecule has 0 bridgehead atoms. The zero-order valence-corrected chi connectivity index (χ0v) is 11.5. The van der Waals surface area contributed by atoms with E-state index in [-0.39, 0.29) is 12.6 Å². The molecule has 1 unspecified atom stereocenters. The Kier molecular flexibility index (Phi) is 4.77. The lowest BCUT2D eigenvalue weighted by Crippen LogP contribution is -2.25. The first kappa shape index (κ1) is 13.8. The first-order valence-corrected chi connectivity index (χ1v) is 6.71. The van der Waals surface area contributed by atoms with Crippen LogP contribution in [0.25, 0.3) is 10.8 Å². The van der Waals surface area contributed by atoms with Gasteiger partial charge in [-0.05, 0) is 30.0 Å². The minimum atomic E-state index is -0.0317. The molecule has 0 aliphatic rings. The maximum absolute atomic E-state index is 9.60. The topological polar surface area (TPSA) is 41.5 Å². The molecule has 0 amide bonds. The van der Waals surface area contributed by atoms with Crippen molar-refractivity contribution in [2.24, 2.45) is 0 Å². The van der Waals surface area contributed by atoms with Crippen LogP contribution in [0.5, 0.6) is 5.75 Å². The van der Waals surface area contributed by atoms with Gasteiger partial charge < -0.3 is 15.2 Å². The van der Waals surface area contributed by atoms with Crippen LogP contribution in [0.15, 0.2) is 36.4 Å². The van der Waals surface area contributed by atoms with Crippen LogP contribution in [0.1, 0.15) is 24.9 Å². The number of aliphatic hydroxyl groups is 1. The minimum Gasteiger partial charge on any atom is -0.496 e. The van der Waals surface area contributed by atoms with Crippen molar-refractivity contribution in [1.82, 2.24) is 5.32 Å². The molecule has 0 heterocycles. The zero-order valence-electron chi connectivity index (χ0n) is 11.5. The monoisotopic (exact) mass is 259 g/mol. The van der Waals surface area contributed by atoms with Crippen LogP contribution in [-0.4, -0.2) is 25.4 Å². The van der Waals surface area contributed by atoms with Crippen molar-refractivity contribution in [3.8, 4) is 5.75 Å². The molecule has 2 N–H and O–H groups in total.